The molecule has 0 radical (unpaired) electrons. The average Bonchev–Trinajstić information content (AvgIpc) is 3.08. The zero-order chi connectivity index (χ0) is 14.4. The number of aliphatic hydroxyl groups excluding tert-OH is 1. The van der Waals surface area contributed by atoms with E-state index >= 15 is 0 Å². The van der Waals surface area contributed by atoms with E-state index < -0.39 is 0 Å². The van der Waals surface area contributed by atoms with Crippen LogP contribution in [0.2, 0.25) is 0 Å². The van der Waals surface area contributed by atoms with Gasteiger partial charge in [-0.15, -0.1) is 0 Å². The van der Waals surface area contributed by atoms with Crippen molar-refractivity contribution in [3.05, 3.63) is 45.0 Å². The van der Waals surface area contributed by atoms with Gasteiger partial charge >= 0.3 is 0 Å². The minimum absolute atomic E-state index is 0.152. The highest BCUT2D eigenvalue weighted by Gasteiger charge is 2.14. The predicted molar refractivity (Wildman–Crippen MR) is 82.1 cm³/mol. The van der Waals surface area contributed by atoms with Crippen molar-refractivity contribution in [2.24, 2.45) is 0 Å². The first-order valence-electron chi connectivity index (χ1n) is 6.37. The molecule has 0 aromatic carbocycles. The molecule has 0 unspecified atom stereocenters. The van der Waals surface area contributed by atoms with Crippen molar-refractivity contribution in [2.75, 3.05) is 13.2 Å². The molecule has 0 aliphatic rings. The number of hydrogen-bond donors (Lipinski definition) is 2. The summed E-state index contributed by atoms with van der Waals surface area (Å²) in [5, 5.41) is 16.1. The van der Waals surface area contributed by atoms with Gasteiger partial charge in [0, 0.05) is 13.2 Å². The predicted octanol–water partition coefficient (Wildman–Crippen LogP) is 3.39. The van der Waals surface area contributed by atoms with Crippen molar-refractivity contribution in [1.29, 1.82) is 0 Å². The van der Waals surface area contributed by atoms with Gasteiger partial charge in [-0.05, 0) is 69.2 Å². The minimum atomic E-state index is -0.219. The van der Waals surface area contributed by atoms with E-state index in [-0.39, 0.29) is 18.4 Å². The third-order valence-electron chi connectivity index (χ3n) is 3.07. The SMILES string of the molecule is O=C(NCC[C@H](CCO)c1ccsc1)c1ccc(Br)o1. The molecule has 2 aromatic rings. The van der Waals surface area contributed by atoms with E-state index in [0.29, 0.717) is 23.4 Å². The number of nitrogens with one attached hydrogen (secondary N) is 1. The molecule has 108 valence electrons. The van der Waals surface area contributed by atoms with Crippen molar-refractivity contribution in [3.8, 4) is 0 Å². The zero-order valence-electron chi connectivity index (χ0n) is 10.8. The van der Waals surface area contributed by atoms with Crippen LogP contribution < -0.4 is 5.32 Å². The van der Waals surface area contributed by atoms with Gasteiger partial charge in [0.05, 0.1) is 0 Å². The third-order valence-corrected chi connectivity index (χ3v) is 4.20. The largest absolute Gasteiger partial charge is 0.444 e. The number of carbonyl (C=O) groups is 1. The van der Waals surface area contributed by atoms with Gasteiger partial charge in [0.1, 0.15) is 0 Å². The average molecular weight is 358 g/mol. The molecule has 1 atom stereocenters. The first kappa shape index (κ1) is 15.3. The van der Waals surface area contributed by atoms with Gasteiger partial charge < -0.3 is 14.8 Å². The van der Waals surface area contributed by atoms with Crippen LogP contribution in [0.5, 0.6) is 0 Å². The molecule has 0 aliphatic heterocycles. The molecule has 0 spiro atoms. The molecule has 0 saturated carbocycles. The van der Waals surface area contributed by atoms with Crippen LogP contribution in [0.15, 0.2) is 38.0 Å². The normalized spacial score (nSPS) is 12.3. The Morgan fingerprint density at radius 2 is 2.25 bits per heavy atom. The zero-order valence-corrected chi connectivity index (χ0v) is 13.2. The number of thiophene rings is 1. The molecule has 2 N–H and O–H groups in total. The number of halogens is 1. The second-order valence-corrected chi connectivity index (χ2v) is 5.98. The number of carbonyl (C=O) groups excluding carboxylic acids is 1. The molecule has 6 heteroatoms. The summed E-state index contributed by atoms with van der Waals surface area (Å²) in [4.78, 5) is 11.8. The first-order valence-corrected chi connectivity index (χ1v) is 8.10. The topological polar surface area (TPSA) is 62.5 Å². The van der Waals surface area contributed by atoms with Crippen LogP contribution in [0.25, 0.3) is 0 Å². The molecular weight excluding hydrogens is 342 g/mol. The van der Waals surface area contributed by atoms with Crippen LogP contribution in [0.4, 0.5) is 0 Å². The molecule has 2 heterocycles. The van der Waals surface area contributed by atoms with Crippen LogP contribution in [-0.4, -0.2) is 24.2 Å². The van der Waals surface area contributed by atoms with E-state index in [0.717, 1.165) is 6.42 Å². The lowest BCUT2D eigenvalue weighted by molar-refractivity contribution is 0.0923. The monoisotopic (exact) mass is 357 g/mol. The third kappa shape index (κ3) is 4.19. The van der Waals surface area contributed by atoms with Crippen LogP contribution in [0.3, 0.4) is 0 Å². The molecule has 0 fully saturated rings. The van der Waals surface area contributed by atoms with E-state index in [9.17, 15) is 4.79 Å². The summed E-state index contributed by atoms with van der Waals surface area (Å²) in [6.07, 6.45) is 1.50. The van der Waals surface area contributed by atoms with Crippen molar-refractivity contribution < 1.29 is 14.3 Å². The Kier molecular flexibility index (Phi) is 5.82. The molecule has 20 heavy (non-hydrogen) atoms. The van der Waals surface area contributed by atoms with Gasteiger partial charge in [0.15, 0.2) is 10.4 Å². The van der Waals surface area contributed by atoms with Crippen LogP contribution >= 0.6 is 27.3 Å². The summed E-state index contributed by atoms with van der Waals surface area (Å²) >= 11 is 4.81. The number of rotatable bonds is 7. The molecule has 0 bridgehead atoms. The van der Waals surface area contributed by atoms with Gasteiger partial charge in [-0.2, -0.15) is 11.3 Å². The highest BCUT2D eigenvalue weighted by Crippen LogP contribution is 2.24. The Morgan fingerprint density at radius 3 is 2.85 bits per heavy atom. The van der Waals surface area contributed by atoms with Gasteiger partial charge in [-0.25, -0.2) is 0 Å². The van der Waals surface area contributed by atoms with Gasteiger partial charge in [0.2, 0.25) is 0 Å². The molecule has 2 aromatic heterocycles. The standard InChI is InChI=1S/C14H16BrNO3S/c15-13-2-1-12(19-13)14(18)16-6-3-10(4-7-17)11-5-8-20-9-11/h1-2,5,8-10,17H,3-4,6-7H2,(H,16,18)/t10-/m1/s1. The van der Waals surface area contributed by atoms with Gasteiger partial charge in [-0.3, -0.25) is 4.79 Å². The Hall–Kier alpha value is -1.11. The minimum Gasteiger partial charge on any atom is -0.444 e. The summed E-state index contributed by atoms with van der Waals surface area (Å²) in [5.74, 6) is 0.352. The molecule has 0 aliphatic carbocycles. The second-order valence-electron chi connectivity index (χ2n) is 4.41. The molecule has 0 saturated heterocycles. The van der Waals surface area contributed by atoms with E-state index in [2.05, 4.69) is 32.7 Å². The Bertz CT molecular complexity index is 538. The number of hydrogen-bond acceptors (Lipinski definition) is 4. The summed E-state index contributed by atoms with van der Waals surface area (Å²) in [6, 6.07) is 5.38. The lowest BCUT2D eigenvalue weighted by Crippen LogP contribution is -2.25. The first-order chi connectivity index (χ1) is 9.70. The maximum atomic E-state index is 11.8. The fourth-order valence-corrected chi connectivity index (χ4v) is 3.07. The van der Waals surface area contributed by atoms with Crippen molar-refractivity contribution in [2.45, 2.75) is 18.8 Å². The molecule has 1 amide bonds. The summed E-state index contributed by atoms with van der Waals surface area (Å²) in [5.41, 5.74) is 1.22. The maximum Gasteiger partial charge on any atom is 0.287 e. The fraction of sp³-hybridized carbons (Fsp3) is 0.357. The van der Waals surface area contributed by atoms with E-state index in [4.69, 9.17) is 9.52 Å². The van der Waals surface area contributed by atoms with Crippen LogP contribution in [0.1, 0.15) is 34.9 Å². The maximum absolute atomic E-state index is 11.8. The van der Waals surface area contributed by atoms with E-state index in [1.807, 2.05) is 5.38 Å². The molecular formula is C14H16BrNO3S. The van der Waals surface area contributed by atoms with Crippen molar-refractivity contribution in [1.82, 2.24) is 5.32 Å². The van der Waals surface area contributed by atoms with Gasteiger partial charge in [0.25, 0.3) is 5.91 Å². The highest BCUT2D eigenvalue weighted by atomic mass is 79.9. The van der Waals surface area contributed by atoms with Crippen LogP contribution in [0, 0.1) is 0 Å². The second kappa shape index (κ2) is 7.61. The highest BCUT2D eigenvalue weighted by molar-refractivity contribution is 9.10. The van der Waals surface area contributed by atoms with E-state index in [1.54, 1.807) is 23.5 Å². The quantitative estimate of drug-likeness (QED) is 0.798. The lowest BCUT2D eigenvalue weighted by atomic mass is 9.95. The Morgan fingerprint density at radius 1 is 1.40 bits per heavy atom. The van der Waals surface area contributed by atoms with Crippen molar-refractivity contribution in [3.63, 3.8) is 0 Å². The Labute approximate surface area is 129 Å². The smallest absolute Gasteiger partial charge is 0.287 e. The summed E-state index contributed by atoms with van der Waals surface area (Å²) < 4.78 is 5.73. The fourth-order valence-electron chi connectivity index (χ4n) is 2.02. The summed E-state index contributed by atoms with van der Waals surface area (Å²) in [6.45, 7) is 0.706. The molecule has 4 nitrogen and oxygen atoms in total. The number of furan rings is 1. The lowest BCUT2D eigenvalue weighted by Gasteiger charge is -2.14. The van der Waals surface area contributed by atoms with Crippen molar-refractivity contribution >= 4 is 33.2 Å². The molecule has 2 rings (SSSR count). The number of amides is 1. The Balaban J connectivity index is 1.83. The van der Waals surface area contributed by atoms with Gasteiger partial charge in [-0.1, -0.05) is 0 Å². The summed E-state index contributed by atoms with van der Waals surface area (Å²) in [7, 11) is 0. The van der Waals surface area contributed by atoms with Crippen LogP contribution in [-0.2, 0) is 0 Å². The van der Waals surface area contributed by atoms with E-state index in [1.165, 1.54) is 5.56 Å². The number of aliphatic hydroxyl groups is 1.